The summed E-state index contributed by atoms with van der Waals surface area (Å²) in [5, 5.41) is 23.8. The molecule has 1 amide bonds. The highest BCUT2D eigenvalue weighted by Gasteiger charge is 2.64. The van der Waals surface area contributed by atoms with E-state index in [1.165, 1.54) is 0 Å². The van der Waals surface area contributed by atoms with Crippen LogP contribution >= 0.6 is 7.82 Å². The minimum Gasteiger partial charge on any atom is -0.437 e. The second-order valence-corrected chi connectivity index (χ2v) is 12.8. The van der Waals surface area contributed by atoms with Crippen molar-refractivity contribution in [2.24, 2.45) is 10.8 Å². The fraction of sp³-hybridized carbons (Fsp3) is 0.696. The molecule has 3 N–H and O–H groups in total. The fourth-order valence-electron chi connectivity index (χ4n) is 3.10. The molecule has 2 aliphatic heterocycles. The largest absolute Gasteiger partial charge is 0.480 e. The van der Waals surface area contributed by atoms with Crippen molar-refractivity contribution in [2.45, 2.75) is 72.3 Å². The van der Waals surface area contributed by atoms with E-state index in [0.717, 1.165) is 24.1 Å². The molecular weight excluding hydrogens is 546 g/mol. The van der Waals surface area contributed by atoms with Crippen molar-refractivity contribution in [3.8, 4) is 0 Å². The van der Waals surface area contributed by atoms with Gasteiger partial charge < -0.3 is 34.6 Å². The lowest BCUT2D eigenvalue weighted by Crippen LogP contribution is -2.54. The number of carbonyl (C=O) groups excluding carboxylic acids is 3. The molecule has 0 saturated carbocycles. The topological polar surface area (TPSA) is 179 Å². The van der Waals surface area contributed by atoms with Gasteiger partial charge in [0.05, 0.1) is 10.8 Å². The van der Waals surface area contributed by atoms with E-state index < -0.39 is 80.5 Å². The van der Waals surface area contributed by atoms with Gasteiger partial charge in [0.1, 0.15) is 24.1 Å². The van der Waals surface area contributed by atoms with Gasteiger partial charge in [-0.15, -0.1) is 0 Å². The number of aliphatic hydroxyl groups is 2. The van der Waals surface area contributed by atoms with Crippen LogP contribution in [0, 0.1) is 10.8 Å². The predicted molar refractivity (Wildman–Crippen MR) is 130 cm³/mol. The van der Waals surface area contributed by atoms with E-state index in [4.69, 9.17) is 27.8 Å². The molecule has 222 valence electrons. The third kappa shape index (κ3) is 8.07. The van der Waals surface area contributed by atoms with Crippen LogP contribution < -0.4 is 5.32 Å². The molecule has 1 fully saturated rings. The van der Waals surface area contributed by atoms with Crippen LogP contribution in [0.1, 0.15) is 48.5 Å². The maximum atomic E-state index is 15.8. The third-order valence-electron chi connectivity index (χ3n) is 5.43. The molecular formula is C23H36FN2O12P. The van der Waals surface area contributed by atoms with Crippen molar-refractivity contribution >= 4 is 25.7 Å². The van der Waals surface area contributed by atoms with Crippen LogP contribution in [0.5, 0.6) is 0 Å². The van der Waals surface area contributed by atoms with Gasteiger partial charge >= 0.3 is 19.8 Å². The number of carbonyl (C=O) groups is 3. The number of rotatable bonds is 10. The summed E-state index contributed by atoms with van der Waals surface area (Å²) in [5.74, 6) is -5.27. The van der Waals surface area contributed by atoms with E-state index in [-0.39, 0.29) is 5.82 Å². The lowest BCUT2D eigenvalue weighted by Gasteiger charge is -2.36. The van der Waals surface area contributed by atoms with Gasteiger partial charge in [0, 0.05) is 12.3 Å². The molecule has 14 nitrogen and oxygen atoms in total. The number of hydrogen-bond donors (Lipinski definition) is 3. The Labute approximate surface area is 225 Å². The van der Waals surface area contributed by atoms with E-state index in [9.17, 15) is 29.2 Å². The summed E-state index contributed by atoms with van der Waals surface area (Å²) in [6.45, 7) is 10.8. The van der Waals surface area contributed by atoms with Crippen LogP contribution in [0.25, 0.3) is 0 Å². The Morgan fingerprint density at radius 1 is 1.13 bits per heavy atom. The Hall–Kier alpha value is -2.39. The summed E-state index contributed by atoms with van der Waals surface area (Å²) < 4.78 is 59.0. The molecule has 0 aliphatic carbocycles. The Bertz CT molecular complexity index is 1010. The molecule has 2 rings (SSSR count). The third-order valence-corrected chi connectivity index (χ3v) is 6.72. The van der Waals surface area contributed by atoms with Crippen LogP contribution in [0.2, 0.25) is 0 Å². The normalized spacial score (nSPS) is 27.9. The van der Waals surface area contributed by atoms with Crippen molar-refractivity contribution < 1.29 is 61.3 Å². The number of esters is 2. The van der Waals surface area contributed by atoms with Crippen LogP contribution in [0.15, 0.2) is 24.7 Å². The molecule has 16 heteroatoms. The number of alkyl halides is 1. The van der Waals surface area contributed by atoms with E-state index in [1.807, 2.05) is 0 Å². The highest BCUT2D eigenvalue weighted by atomic mass is 31.2. The minimum absolute atomic E-state index is 0.0798. The van der Waals surface area contributed by atoms with Gasteiger partial charge in [-0.1, -0.05) is 6.58 Å². The van der Waals surface area contributed by atoms with Crippen molar-refractivity contribution in [2.75, 3.05) is 20.2 Å². The summed E-state index contributed by atoms with van der Waals surface area (Å²) in [7, 11) is -4.84. The Kier molecular flexibility index (Phi) is 9.77. The summed E-state index contributed by atoms with van der Waals surface area (Å²) >= 11 is 0. The van der Waals surface area contributed by atoms with Gasteiger partial charge in [0.2, 0.25) is 13.6 Å². The van der Waals surface area contributed by atoms with Gasteiger partial charge in [-0.05, 0) is 48.5 Å². The quantitative estimate of drug-likeness (QED) is 0.193. The fourth-order valence-corrected chi connectivity index (χ4v) is 4.02. The molecule has 1 saturated heterocycles. The maximum absolute atomic E-state index is 15.8. The van der Waals surface area contributed by atoms with E-state index in [1.54, 1.807) is 41.5 Å². The highest BCUT2D eigenvalue weighted by molar-refractivity contribution is 7.48. The first-order chi connectivity index (χ1) is 17.6. The molecule has 0 radical (unpaired) electrons. The molecule has 0 spiro atoms. The molecule has 2 heterocycles. The Morgan fingerprint density at radius 2 is 1.62 bits per heavy atom. The average Bonchev–Trinajstić information content (AvgIpc) is 2.97. The van der Waals surface area contributed by atoms with Crippen molar-refractivity contribution in [3.05, 3.63) is 24.7 Å². The molecule has 0 aromatic heterocycles. The first-order valence-electron chi connectivity index (χ1n) is 11.7. The zero-order valence-corrected chi connectivity index (χ0v) is 23.8. The SMILES string of the molecule is C=C1NC(=O)C=CN1C1O[C@](F)(COP(=O)(OCOC(=O)C(C)(C)C)OCOC(=O)C(C)(C)C)[C@@H](O)[C@@]1(C)O. The Morgan fingerprint density at radius 3 is 2.05 bits per heavy atom. The number of aliphatic hydroxyl groups excluding tert-OH is 1. The summed E-state index contributed by atoms with van der Waals surface area (Å²) in [4.78, 5) is 36.6. The van der Waals surface area contributed by atoms with Crippen molar-refractivity contribution in [3.63, 3.8) is 0 Å². The molecule has 4 atom stereocenters. The molecule has 0 aromatic carbocycles. The number of nitrogens with one attached hydrogen (secondary N) is 1. The van der Waals surface area contributed by atoms with E-state index in [0.29, 0.717) is 0 Å². The number of phosphoric acid groups is 1. The van der Waals surface area contributed by atoms with Crippen LogP contribution in [0.4, 0.5) is 4.39 Å². The number of amides is 1. The first-order valence-corrected chi connectivity index (χ1v) is 13.2. The second-order valence-electron chi connectivity index (χ2n) is 11.1. The van der Waals surface area contributed by atoms with Gasteiger partial charge in [0.15, 0.2) is 6.23 Å². The summed E-state index contributed by atoms with van der Waals surface area (Å²) in [6, 6.07) is 0. The summed E-state index contributed by atoms with van der Waals surface area (Å²) in [6.07, 6.45) is -1.68. The number of ether oxygens (including phenoxy) is 3. The highest BCUT2D eigenvalue weighted by Crippen LogP contribution is 2.52. The molecule has 1 unspecified atom stereocenters. The number of nitrogens with zero attached hydrogens (tertiary/aromatic N) is 1. The standard InChI is InChI=1S/C23H36FN2O12P/c1-14-25-15(27)9-10-26(14)17-22(8,31)16(28)23(24,38-17)11-35-39(32,36-12-33-18(29)20(2,3)4)37-13-34-19(30)21(5,6)7/h9-10,16-17,28,31H,1,11-13H2,2-8H3,(H,25,27)/t16-,17?,22+,23+/m0/s1. The lowest BCUT2D eigenvalue weighted by molar-refractivity contribution is -0.210. The van der Waals surface area contributed by atoms with Gasteiger partial charge in [-0.25, -0.2) is 18.0 Å². The van der Waals surface area contributed by atoms with Gasteiger partial charge in [-0.2, -0.15) is 0 Å². The van der Waals surface area contributed by atoms with E-state index >= 15 is 4.39 Å². The van der Waals surface area contributed by atoms with Crippen molar-refractivity contribution in [1.29, 1.82) is 0 Å². The molecule has 0 aromatic rings. The number of hydrogen-bond acceptors (Lipinski definition) is 13. The number of halogens is 1. The van der Waals surface area contributed by atoms with Crippen LogP contribution in [-0.4, -0.2) is 76.9 Å². The average molecular weight is 583 g/mol. The van der Waals surface area contributed by atoms with Crippen molar-refractivity contribution in [1.82, 2.24) is 10.2 Å². The minimum atomic E-state index is -4.84. The first kappa shape index (κ1) is 32.8. The molecule has 2 aliphatic rings. The van der Waals surface area contributed by atoms with Crippen LogP contribution in [-0.2, 0) is 46.7 Å². The zero-order valence-electron chi connectivity index (χ0n) is 22.9. The molecule has 0 bridgehead atoms. The second kappa shape index (κ2) is 11.6. The zero-order chi connectivity index (χ0) is 30.0. The Balaban J connectivity index is 2.18. The number of phosphoric ester groups is 1. The smallest absolute Gasteiger partial charge is 0.437 e. The van der Waals surface area contributed by atoms with Gasteiger partial charge in [0.25, 0.3) is 11.8 Å². The van der Waals surface area contributed by atoms with Gasteiger partial charge in [-0.3, -0.25) is 18.9 Å². The molecule has 39 heavy (non-hydrogen) atoms. The summed E-state index contributed by atoms with van der Waals surface area (Å²) in [5.41, 5.74) is -4.17. The van der Waals surface area contributed by atoms with Crippen LogP contribution in [0.3, 0.4) is 0 Å². The maximum Gasteiger partial charge on any atom is 0.480 e. The van der Waals surface area contributed by atoms with E-state index in [2.05, 4.69) is 11.9 Å². The lowest BCUT2D eigenvalue weighted by atomic mass is 9.95. The monoisotopic (exact) mass is 582 g/mol. The predicted octanol–water partition coefficient (Wildman–Crippen LogP) is 1.79.